The summed E-state index contributed by atoms with van der Waals surface area (Å²) in [7, 11) is 0. The fraction of sp³-hybridized carbons (Fsp3) is 0.769. The molecule has 0 rings (SSSR count). The van der Waals surface area contributed by atoms with Crippen LogP contribution < -0.4 is 0 Å². The summed E-state index contributed by atoms with van der Waals surface area (Å²) in [6.45, 7) is 6.91. The lowest BCUT2D eigenvalue weighted by Gasteiger charge is -2.22. The molecule has 0 saturated heterocycles. The number of carbonyl (C=O) groups is 3. The van der Waals surface area contributed by atoms with Crippen LogP contribution >= 0.6 is 0 Å². The molecule has 19 heavy (non-hydrogen) atoms. The second-order valence-corrected chi connectivity index (χ2v) is 5.79. The zero-order valence-electron chi connectivity index (χ0n) is 11.9. The van der Waals surface area contributed by atoms with Crippen molar-refractivity contribution in [3.8, 4) is 0 Å². The zero-order chi connectivity index (χ0) is 15.1. The van der Waals surface area contributed by atoms with Gasteiger partial charge in [0.2, 0.25) is 0 Å². The summed E-state index contributed by atoms with van der Waals surface area (Å²) < 4.78 is 9.04. The Bertz CT molecular complexity index is 329. The molecule has 0 saturated carbocycles. The van der Waals surface area contributed by atoms with Crippen molar-refractivity contribution in [2.45, 2.75) is 40.5 Å². The number of aliphatic carboxylic acids is 1. The molecule has 0 aliphatic carbocycles. The monoisotopic (exact) mass is 274 g/mol. The van der Waals surface area contributed by atoms with Gasteiger partial charge in [0.15, 0.2) is 13.2 Å². The Hall–Kier alpha value is -1.59. The maximum absolute atomic E-state index is 11.4. The van der Waals surface area contributed by atoms with E-state index in [1.807, 2.05) is 6.92 Å². The summed E-state index contributed by atoms with van der Waals surface area (Å²) in [5.41, 5.74) is 0.125. The summed E-state index contributed by atoms with van der Waals surface area (Å²) in [5.74, 6) is -2.44. The smallest absolute Gasteiger partial charge is 0.344 e. The van der Waals surface area contributed by atoms with Crippen LogP contribution in [0.3, 0.4) is 0 Å². The van der Waals surface area contributed by atoms with Crippen molar-refractivity contribution in [2.75, 3.05) is 13.2 Å². The van der Waals surface area contributed by atoms with Gasteiger partial charge in [-0.1, -0.05) is 27.7 Å². The minimum absolute atomic E-state index is 0.125. The number of carbonyl (C=O) groups excluding carboxylic acids is 2. The van der Waals surface area contributed by atoms with Crippen molar-refractivity contribution in [2.24, 2.45) is 11.3 Å². The van der Waals surface area contributed by atoms with Crippen LogP contribution in [0.2, 0.25) is 0 Å². The first-order chi connectivity index (χ1) is 8.60. The molecule has 0 aliphatic rings. The largest absolute Gasteiger partial charge is 0.479 e. The molecule has 0 bridgehead atoms. The topological polar surface area (TPSA) is 89.9 Å². The zero-order valence-corrected chi connectivity index (χ0v) is 11.9. The number of rotatable bonds is 7. The average Bonchev–Trinajstić information content (AvgIpc) is 2.20. The average molecular weight is 274 g/mol. The van der Waals surface area contributed by atoms with Gasteiger partial charge in [0, 0.05) is 6.42 Å². The summed E-state index contributed by atoms with van der Waals surface area (Å²) in [5, 5.41) is 8.28. The Morgan fingerprint density at radius 1 is 1.05 bits per heavy atom. The Balaban J connectivity index is 3.86. The molecule has 0 radical (unpaired) electrons. The van der Waals surface area contributed by atoms with Crippen LogP contribution in [0.1, 0.15) is 40.5 Å². The maximum atomic E-state index is 11.4. The lowest BCUT2D eigenvalue weighted by Crippen LogP contribution is -2.21. The third-order valence-corrected chi connectivity index (χ3v) is 2.18. The van der Waals surface area contributed by atoms with Gasteiger partial charge in [-0.05, 0) is 17.8 Å². The predicted molar refractivity (Wildman–Crippen MR) is 67.4 cm³/mol. The number of carboxylic acids is 1. The van der Waals surface area contributed by atoms with Gasteiger partial charge in [-0.2, -0.15) is 0 Å². The fourth-order valence-electron chi connectivity index (χ4n) is 1.78. The van der Waals surface area contributed by atoms with E-state index in [1.165, 1.54) is 0 Å². The number of carboxylic acid groups (broad SMARTS) is 1. The minimum atomic E-state index is -1.25. The van der Waals surface area contributed by atoms with Gasteiger partial charge in [-0.3, -0.25) is 4.79 Å². The van der Waals surface area contributed by atoms with Crippen molar-refractivity contribution < 1.29 is 29.0 Å². The van der Waals surface area contributed by atoms with E-state index in [0.29, 0.717) is 0 Å². The Labute approximate surface area is 113 Å². The molecule has 0 spiro atoms. The molecule has 1 atom stereocenters. The van der Waals surface area contributed by atoms with E-state index in [1.54, 1.807) is 0 Å². The molecule has 0 fully saturated rings. The van der Waals surface area contributed by atoms with Crippen molar-refractivity contribution >= 4 is 17.9 Å². The summed E-state index contributed by atoms with van der Waals surface area (Å²) >= 11 is 0. The molecule has 0 aromatic heterocycles. The van der Waals surface area contributed by atoms with Crippen LogP contribution in [0.5, 0.6) is 0 Å². The fourth-order valence-corrected chi connectivity index (χ4v) is 1.78. The summed E-state index contributed by atoms with van der Waals surface area (Å²) in [6.07, 6.45) is 1.09. The maximum Gasteiger partial charge on any atom is 0.344 e. The van der Waals surface area contributed by atoms with Crippen molar-refractivity contribution in [3.05, 3.63) is 0 Å². The van der Waals surface area contributed by atoms with Crippen LogP contribution in [0.15, 0.2) is 0 Å². The van der Waals surface area contributed by atoms with Crippen molar-refractivity contribution in [1.29, 1.82) is 0 Å². The Kier molecular flexibility index (Phi) is 7.11. The van der Waals surface area contributed by atoms with E-state index in [2.05, 4.69) is 25.5 Å². The van der Waals surface area contributed by atoms with Crippen LogP contribution in [0.4, 0.5) is 0 Å². The summed E-state index contributed by atoms with van der Waals surface area (Å²) in [6, 6.07) is 0. The molecule has 0 aromatic rings. The van der Waals surface area contributed by atoms with Crippen LogP contribution in [0, 0.1) is 11.3 Å². The normalized spacial score (nSPS) is 12.6. The lowest BCUT2D eigenvalue weighted by molar-refractivity contribution is -0.163. The van der Waals surface area contributed by atoms with E-state index in [0.717, 1.165) is 6.42 Å². The van der Waals surface area contributed by atoms with Gasteiger partial charge in [0.1, 0.15) is 0 Å². The van der Waals surface area contributed by atoms with E-state index >= 15 is 0 Å². The van der Waals surface area contributed by atoms with Gasteiger partial charge in [-0.25, -0.2) is 9.59 Å². The molecule has 0 heterocycles. The first kappa shape index (κ1) is 17.4. The van der Waals surface area contributed by atoms with Gasteiger partial charge in [0.05, 0.1) is 0 Å². The third-order valence-electron chi connectivity index (χ3n) is 2.18. The van der Waals surface area contributed by atoms with Crippen LogP contribution in [0.25, 0.3) is 0 Å². The molecule has 0 amide bonds. The number of hydrogen-bond donors (Lipinski definition) is 1. The molecule has 6 heteroatoms. The quantitative estimate of drug-likeness (QED) is 0.709. The molecule has 6 nitrogen and oxygen atoms in total. The highest BCUT2D eigenvalue weighted by Crippen LogP contribution is 2.25. The second-order valence-electron chi connectivity index (χ2n) is 5.79. The minimum Gasteiger partial charge on any atom is -0.479 e. The standard InChI is InChI=1S/C13H22O6/c1-9(6-13(2,3)4)5-11(16)19-8-12(17)18-7-10(14)15/h9H,5-8H2,1-4H3,(H,14,15). The molecule has 1 unspecified atom stereocenters. The molecular weight excluding hydrogens is 252 g/mol. The number of ether oxygens (including phenoxy) is 2. The van der Waals surface area contributed by atoms with Gasteiger partial charge >= 0.3 is 17.9 Å². The number of hydrogen-bond acceptors (Lipinski definition) is 5. The summed E-state index contributed by atoms with van der Waals surface area (Å²) in [4.78, 5) is 32.6. The SMILES string of the molecule is CC(CC(=O)OCC(=O)OCC(=O)O)CC(C)(C)C. The Morgan fingerprint density at radius 3 is 2.05 bits per heavy atom. The molecule has 0 aromatic carbocycles. The van der Waals surface area contributed by atoms with E-state index in [-0.39, 0.29) is 17.8 Å². The van der Waals surface area contributed by atoms with E-state index in [9.17, 15) is 14.4 Å². The molecule has 1 N–H and O–H groups in total. The van der Waals surface area contributed by atoms with Crippen molar-refractivity contribution in [1.82, 2.24) is 0 Å². The first-order valence-corrected chi connectivity index (χ1v) is 6.13. The molecule has 110 valence electrons. The highest BCUT2D eigenvalue weighted by molar-refractivity contribution is 5.78. The van der Waals surface area contributed by atoms with E-state index in [4.69, 9.17) is 9.84 Å². The highest BCUT2D eigenvalue weighted by Gasteiger charge is 2.19. The second kappa shape index (κ2) is 7.76. The lowest BCUT2D eigenvalue weighted by atomic mass is 9.84. The van der Waals surface area contributed by atoms with E-state index < -0.39 is 31.1 Å². The third kappa shape index (κ3) is 11.2. The van der Waals surface area contributed by atoms with Crippen LogP contribution in [-0.4, -0.2) is 36.2 Å². The predicted octanol–water partition coefficient (Wildman–Crippen LogP) is 1.62. The molecular formula is C13H22O6. The first-order valence-electron chi connectivity index (χ1n) is 6.13. The van der Waals surface area contributed by atoms with Crippen molar-refractivity contribution in [3.63, 3.8) is 0 Å². The highest BCUT2D eigenvalue weighted by atomic mass is 16.6. The number of esters is 2. The van der Waals surface area contributed by atoms with Gasteiger partial charge in [-0.15, -0.1) is 0 Å². The van der Waals surface area contributed by atoms with Gasteiger partial charge in [0.25, 0.3) is 0 Å². The Morgan fingerprint density at radius 2 is 1.58 bits per heavy atom. The van der Waals surface area contributed by atoms with Crippen LogP contribution in [-0.2, 0) is 23.9 Å². The molecule has 0 aliphatic heterocycles. The van der Waals surface area contributed by atoms with Gasteiger partial charge < -0.3 is 14.6 Å².